The van der Waals surface area contributed by atoms with Crippen molar-refractivity contribution >= 4 is 34.9 Å². The summed E-state index contributed by atoms with van der Waals surface area (Å²) >= 11 is 5.61. The van der Waals surface area contributed by atoms with Gasteiger partial charge in [-0.15, -0.1) is 0 Å². The Labute approximate surface area is 124 Å². The van der Waals surface area contributed by atoms with E-state index < -0.39 is 5.69 Å². The lowest BCUT2D eigenvalue weighted by atomic mass is 10.1. The quantitative estimate of drug-likeness (QED) is 0.248. The Morgan fingerprint density at radius 1 is 1.16 bits per heavy atom. The number of ether oxygens (including phenoxy) is 1. The van der Waals surface area contributed by atoms with E-state index in [1.807, 2.05) is 0 Å². The maximum absolute atomic E-state index is 10.7. The lowest BCUT2D eigenvalue weighted by molar-refractivity contribution is -0.137. The summed E-state index contributed by atoms with van der Waals surface area (Å²) in [5.74, 6) is 0.368. The SMILES string of the molecule is C=CC(=O)OCCCCCCCCCSP(O)(O)=S. The van der Waals surface area contributed by atoms with Gasteiger partial charge in [0.2, 0.25) is 5.69 Å². The van der Waals surface area contributed by atoms with Gasteiger partial charge in [-0.1, -0.05) is 50.1 Å². The van der Waals surface area contributed by atoms with Gasteiger partial charge in [0.25, 0.3) is 0 Å². The average Bonchev–Trinajstić information content (AvgIpc) is 2.34. The van der Waals surface area contributed by atoms with Gasteiger partial charge in [0.05, 0.1) is 6.61 Å². The van der Waals surface area contributed by atoms with Crippen molar-refractivity contribution in [3.63, 3.8) is 0 Å². The van der Waals surface area contributed by atoms with E-state index in [-0.39, 0.29) is 5.97 Å². The summed E-state index contributed by atoms with van der Waals surface area (Å²) in [4.78, 5) is 28.7. The summed E-state index contributed by atoms with van der Waals surface area (Å²) in [6.45, 7) is 3.80. The van der Waals surface area contributed by atoms with E-state index in [0.717, 1.165) is 62.1 Å². The molecular formula is C12H23O4PS2. The molecule has 0 radical (unpaired) electrons. The molecule has 0 aromatic carbocycles. The number of esters is 1. The second-order valence-corrected chi connectivity index (χ2v) is 10.3. The average molecular weight is 326 g/mol. The Hall–Kier alpha value is 0.130. The lowest BCUT2D eigenvalue weighted by Gasteiger charge is -2.06. The molecule has 0 aromatic rings. The van der Waals surface area contributed by atoms with Crippen molar-refractivity contribution in [1.29, 1.82) is 0 Å². The molecule has 0 rings (SSSR count). The fraction of sp³-hybridized carbons (Fsp3) is 0.750. The molecule has 0 amide bonds. The monoisotopic (exact) mass is 326 g/mol. The van der Waals surface area contributed by atoms with Crippen LogP contribution in [0.2, 0.25) is 0 Å². The minimum atomic E-state index is -3.05. The largest absolute Gasteiger partial charge is 0.463 e. The highest BCUT2D eigenvalue weighted by atomic mass is 32.9. The van der Waals surface area contributed by atoms with Crippen molar-refractivity contribution in [2.45, 2.75) is 44.9 Å². The second-order valence-electron chi connectivity index (χ2n) is 4.17. The molecule has 0 aliphatic heterocycles. The number of carbonyl (C=O) groups is 1. The predicted octanol–water partition coefficient (Wildman–Crippen LogP) is 3.39. The number of unbranched alkanes of at least 4 members (excludes halogenated alkanes) is 6. The molecule has 0 aromatic heterocycles. The van der Waals surface area contributed by atoms with Crippen LogP contribution >= 0.6 is 17.1 Å². The van der Waals surface area contributed by atoms with Crippen molar-refractivity contribution in [2.75, 3.05) is 12.4 Å². The van der Waals surface area contributed by atoms with Crippen molar-refractivity contribution in [1.82, 2.24) is 0 Å². The normalized spacial score (nSPS) is 11.3. The van der Waals surface area contributed by atoms with Crippen molar-refractivity contribution in [3.05, 3.63) is 12.7 Å². The molecule has 0 spiro atoms. The number of carbonyl (C=O) groups excluding carboxylic acids is 1. The number of rotatable bonds is 12. The third kappa shape index (κ3) is 16.1. The zero-order valence-corrected chi connectivity index (χ0v) is 13.7. The van der Waals surface area contributed by atoms with Gasteiger partial charge in [-0.25, -0.2) is 4.79 Å². The molecule has 0 aliphatic rings. The standard InChI is InChI=1S/C12H23O4PS2/c1-2-12(13)16-10-8-6-4-3-5-7-9-11-19-17(14,15)18/h2H,1,3-11H2,(H2,14,15,18). The van der Waals surface area contributed by atoms with Gasteiger partial charge in [0.1, 0.15) is 0 Å². The minimum Gasteiger partial charge on any atom is -0.463 e. The Kier molecular flexibility index (Phi) is 12.0. The van der Waals surface area contributed by atoms with E-state index in [1.165, 1.54) is 6.08 Å². The van der Waals surface area contributed by atoms with Gasteiger partial charge in [0, 0.05) is 11.8 Å². The van der Waals surface area contributed by atoms with Crippen LogP contribution in [0.15, 0.2) is 12.7 Å². The van der Waals surface area contributed by atoms with E-state index in [4.69, 9.17) is 14.5 Å². The molecule has 4 nitrogen and oxygen atoms in total. The van der Waals surface area contributed by atoms with Crippen LogP contribution in [0, 0.1) is 0 Å². The van der Waals surface area contributed by atoms with Gasteiger partial charge in [-0.2, -0.15) is 0 Å². The topological polar surface area (TPSA) is 66.8 Å². The molecule has 0 bridgehead atoms. The van der Waals surface area contributed by atoms with Crippen LogP contribution < -0.4 is 0 Å². The van der Waals surface area contributed by atoms with Gasteiger partial charge >= 0.3 is 5.97 Å². The summed E-state index contributed by atoms with van der Waals surface area (Å²) in [5.41, 5.74) is -3.05. The summed E-state index contributed by atoms with van der Waals surface area (Å²) < 4.78 is 4.87. The molecule has 112 valence electrons. The van der Waals surface area contributed by atoms with Gasteiger partial charge in [-0.3, -0.25) is 0 Å². The molecule has 0 fully saturated rings. The van der Waals surface area contributed by atoms with Crippen LogP contribution in [0.1, 0.15) is 44.9 Å². The zero-order chi connectivity index (χ0) is 14.6. The fourth-order valence-electron chi connectivity index (χ4n) is 1.50. The molecule has 0 saturated carbocycles. The van der Waals surface area contributed by atoms with E-state index in [9.17, 15) is 4.79 Å². The van der Waals surface area contributed by atoms with Gasteiger partial charge in [-0.05, 0) is 24.6 Å². The first-order valence-corrected chi connectivity index (χ1v) is 10.7. The Morgan fingerprint density at radius 3 is 2.21 bits per heavy atom. The number of hydrogen-bond donors (Lipinski definition) is 2. The highest BCUT2D eigenvalue weighted by Gasteiger charge is 2.06. The molecule has 0 saturated heterocycles. The number of hydrogen-bond acceptors (Lipinski definition) is 4. The summed E-state index contributed by atoms with van der Waals surface area (Å²) in [6, 6.07) is 0. The fourth-order valence-corrected chi connectivity index (χ4v) is 3.85. The second kappa shape index (κ2) is 11.9. The summed E-state index contributed by atoms with van der Waals surface area (Å²) in [6.07, 6.45) is 8.64. The summed E-state index contributed by atoms with van der Waals surface area (Å²) in [5, 5.41) is 0. The van der Waals surface area contributed by atoms with Crippen LogP contribution in [0.3, 0.4) is 0 Å². The highest BCUT2D eigenvalue weighted by Crippen LogP contribution is 2.50. The molecular weight excluding hydrogens is 303 g/mol. The van der Waals surface area contributed by atoms with Crippen LogP contribution in [0.5, 0.6) is 0 Å². The molecule has 7 heteroatoms. The van der Waals surface area contributed by atoms with E-state index >= 15 is 0 Å². The van der Waals surface area contributed by atoms with Crippen LogP contribution in [-0.4, -0.2) is 28.1 Å². The summed E-state index contributed by atoms with van der Waals surface area (Å²) in [7, 11) is 0. The van der Waals surface area contributed by atoms with Crippen LogP contribution in [0.4, 0.5) is 0 Å². The van der Waals surface area contributed by atoms with Crippen molar-refractivity contribution in [2.24, 2.45) is 0 Å². The first kappa shape index (κ1) is 19.1. The molecule has 0 heterocycles. The maximum atomic E-state index is 10.7. The molecule has 19 heavy (non-hydrogen) atoms. The third-order valence-corrected chi connectivity index (χ3v) is 5.77. The van der Waals surface area contributed by atoms with E-state index in [2.05, 4.69) is 18.4 Å². The lowest BCUT2D eigenvalue weighted by Crippen LogP contribution is -2.01. The van der Waals surface area contributed by atoms with Gasteiger partial charge in [0.15, 0.2) is 0 Å². The minimum absolute atomic E-state index is 0.356. The zero-order valence-electron chi connectivity index (χ0n) is 11.1. The van der Waals surface area contributed by atoms with Gasteiger partial charge < -0.3 is 14.5 Å². The maximum Gasteiger partial charge on any atom is 0.330 e. The Morgan fingerprint density at radius 2 is 1.68 bits per heavy atom. The third-order valence-electron chi connectivity index (χ3n) is 2.46. The Balaban J connectivity index is 3.13. The first-order chi connectivity index (χ1) is 8.95. The van der Waals surface area contributed by atoms with Crippen molar-refractivity contribution < 1.29 is 19.3 Å². The first-order valence-electron chi connectivity index (χ1n) is 6.45. The molecule has 0 unspecified atom stereocenters. The van der Waals surface area contributed by atoms with Crippen molar-refractivity contribution in [3.8, 4) is 0 Å². The van der Waals surface area contributed by atoms with E-state index in [1.54, 1.807) is 0 Å². The highest BCUT2D eigenvalue weighted by molar-refractivity contribution is 8.67. The van der Waals surface area contributed by atoms with Crippen LogP contribution in [-0.2, 0) is 21.3 Å². The smallest absolute Gasteiger partial charge is 0.330 e. The van der Waals surface area contributed by atoms with E-state index in [0.29, 0.717) is 6.61 Å². The Bertz CT molecular complexity index is 304. The van der Waals surface area contributed by atoms with Crippen LogP contribution in [0.25, 0.3) is 0 Å². The molecule has 0 atom stereocenters. The predicted molar refractivity (Wildman–Crippen MR) is 84.7 cm³/mol. The molecule has 2 N–H and O–H groups in total. The molecule has 0 aliphatic carbocycles.